The molecule has 9 heteroatoms. The molecule has 2 N–H and O–H groups in total. The number of amides is 1. The average Bonchev–Trinajstić information content (AvgIpc) is 2.69. The maximum atomic E-state index is 12.1. The van der Waals surface area contributed by atoms with Crippen LogP contribution >= 0.6 is 23.2 Å². The zero-order valence-electron chi connectivity index (χ0n) is 17.2. The van der Waals surface area contributed by atoms with Crippen molar-refractivity contribution in [3.8, 4) is 0 Å². The fraction of sp³-hybridized carbons (Fsp3) is 0.667. The standard InChI is InChI=1S/C21H30Cl2N2O5/c1-28-7-6-24-21(27)9-16-3-5-19-20(30-16)13-29-12-15(26)11-25(19)10-14-2-4-17(22)18(23)8-14/h2,4,8,15-16,19-20,26H,3,5-7,9-13H2,1H3,(H,24,27)/t15-,16+,19-,20+/m0/s1. The summed E-state index contributed by atoms with van der Waals surface area (Å²) in [6, 6.07) is 5.68. The largest absolute Gasteiger partial charge is 0.389 e. The first kappa shape index (κ1) is 23.7. The molecule has 168 valence electrons. The fourth-order valence-electron chi connectivity index (χ4n) is 4.07. The van der Waals surface area contributed by atoms with Gasteiger partial charge in [0, 0.05) is 32.8 Å². The summed E-state index contributed by atoms with van der Waals surface area (Å²) >= 11 is 12.2. The van der Waals surface area contributed by atoms with E-state index in [1.54, 1.807) is 13.2 Å². The molecule has 1 aromatic carbocycles. The first-order chi connectivity index (χ1) is 14.5. The van der Waals surface area contributed by atoms with E-state index in [9.17, 15) is 9.90 Å². The number of ether oxygens (including phenoxy) is 3. The highest BCUT2D eigenvalue weighted by Crippen LogP contribution is 2.30. The Morgan fingerprint density at radius 3 is 2.90 bits per heavy atom. The maximum Gasteiger partial charge on any atom is 0.222 e. The molecule has 3 rings (SSSR count). The molecule has 2 heterocycles. The summed E-state index contributed by atoms with van der Waals surface area (Å²) in [5.74, 6) is -0.0367. The minimum Gasteiger partial charge on any atom is -0.389 e. The molecule has 2 aliphatic heterocycles. The van der Waals surface area contributed by atoms with E-state index in [4.69, 9.17) is 37.4 Å². The zero-order chi connectivity index (χ0) is 21.5. The summed E-state index contributed by atoms with van der Waals surface area (Å²) < 4.78 is 16.9. The number of rotatable bonds is 7. The average molecular weight is 461 g/mol. The third kappa shape index (κ3) is 6.79. The molecule has 0 radical (unpaired) electrons. The maximum absolute atomic E-state index is 12.1. The number of carbonyl (C=O) groups is 1. The van der Waals surface area contributed by atoms with Gasteiger partial charge < -0.3 is 24.6 Å². The van der Waals surface area contributed by atoms with Gasteiger partial charge in [0.15, 0.2) is 0 Å². The van der Waals surface area contributed by atoms with Crippen LogP contribution in [0.15, 0.2) is 18.2 Å². The summed E-state index contributed by atoms with van der Waals surface area (Å²) in [6.07, 6.45) is 1.07. The predicted octanol–water partition coefficient (Wildman–Crippen LogP) is 2.26. The van der Waals surface area contributed by atoms with E-state index in [0.29, 0.717) is 49.3 Å². The molecular formula is C21H30Cl2N2O5. The van der Waals surface area contributed by atoms with Crippen LogP contribution in [0.2, 0.25) is 10.0 Å². The van der Waals surface area contributed by atoms with Gasteiger partial charge in [0.25, 0.3) is 0 Å². The topological polar surface area (TPSA) is 80.3 Å². The van der Waals surface area contributed by atoms with Gasteiger partial charge in [-0.2, -0.15) is 0 Å². The van der Waals surface area contributed by atoms with E-state index in [1.165, 1.54) is 0 Å². The Hall–Kier alpha value is -0.930. The summed E-state index contributed by atoms with van der Waals surface area (Å²) in [7, 11) is 1.60. The molecule has 30 heavy (non-hydrogen) atoms. The Kier molecular flexibility index (Phi) is 9.19. The summed E-state index contributed by atoms with van der Waals surface area (Å²) in [6.45, 7) is 2.73. The summed E-state index contributed by atoms with van der Waals surface area (Å²) in [5, 5.41) is 14.2. The number of fused-ring (bicyclic) bond motifs is 1. The highest BCUT2D eigenvalue weighted by Gasteiger charge is 2.38. The number of aliphatic hydroxyl groups is 1. The molecule has 2 fully saturated rings. The lowest BCUT2D eigenvalue weighted by atomic mass is 9.94. The normalized spacial score (nSPS) is 27.7. The van der Waals surface area contributed by atoms with Crippen LogP contribution in [-0.4, -0.2) is 80.3 Å². The SMILES string of the molecule is COCCNC(=O)C[C@H]1CC[C@H]2[C@@H](COC[C@@H](O)CN2Cc2ccc(Cl)c(Cl)c2)O1. The second kappa shape index (κ2) is 11.6. The minimum absolute atomic E-state index is 0.0367. The zero-order valence-corrected chi connectivity index (χ0v) is 18.7. The number of aliphatic hydroxyl groups excluding tert-OH is 1. The molecule has 1 amide bonds. The minimum atomic E-state index is -0.571. The Morgan fingerprint density at radius 1 is 1.30 bits per heavy atom. The van der Waals surface area contributed by atoms with Crippen molar-refractivity contribution in [3.63, 3.8) is 0 Å². The number of nitrogens with one attached hydrogen (secondary N) is 1. The van der Waals surface area contributed by atoms with Gasteiger partial charge in [-0.15, -0.1) is 0 Å². The lowest BCUT2D eigenvalue weighted by Gasteiger charge is -2.44. The van der Waals surface area contributed by atoms with E-state index in [2.05, 4.69) is 10.2 Å². The molecular weight excluding hydrogens is 431 g/mol. The van der Waals surface area contributed by atoms with Gasteiger partial charge in [0.2, 0.25) is 5.91 Å². The molecule has 0 saturated carbocycles. The lowest BCUT2D eigenvalue weighted by Crippen LogP contribution is -2.55. The van der Waals surface area contributed by atoms with Gasteiger partial charge in [-0.25, -0.2) is 0 Å². The van der Waals surface area contributed by atoms with Crippen LogP contribution in [0.1, 0.15) is 24.8 Å². The van der Waals surface area contributed by atoms with Crippen molar-refractivity contribution in [2.75, 3.05) is 40.0 Å². The number of halogens is 2. The first-order valence-corrected chi connectivity index (χ1v) is 11.1. The van der Waals surface area contributed by atoms with Crippen LogP contribution in [0, 0.1) is 0 Å². The van der Waals surface area contributed by atoms with Crippen molar-refractivity contribution >= 4 is 29.1 Å². The number of carbonyl (C=O) groups excluding carboxylic acids is 1. The van der Waals surface area contributed by atoms with Crippen LogP contribution in [0.25, 0.3) is 0 Å². The molecule has 4 atom stereocenters. The number of β-amino-alcohol motifs (C(OH)–C–C–N with tert-alkyl or cyclic N) is 1. The van der Waals surface area contributed by atoms with Crippen LogP contribution in [0.4, 0.5) is 0 Å². The van der Waals surface area contributed by atoms with Crippen LogP contribution in [-0.2, 0) is 25.5 Å². The molecule has 2 aliphatic rings. The molecule has 0 unspecified atom stereocenters. The van der Waals surface area contributed by atoms with Gasteiger partial charge >= 0.3 is 0 Å². The monoisotopic (exact) mass is 460 g/mol. The number of methoxy groups -OCH3 is 1. The van der Waals surface area contributed by atoms with Crippen molar-refractivity contribution in [1.82, 2.24) is 10.2 Å². The first-order valence-electron chi connectivity index (χ1n) is 10.3. The lowest BCUT2D eigenvalue weighted by molar-refractivity contribution is -0.158. The van der Waals surface area contributed by atoms with Crippen LogP contribution in [0.3, 0.4) is 0 Å². The molecule has 0 bridgehead atoms. The van der Waals surface area contributed by atoms with Crippen molar-refractivity contribution in [3.05, 3.63) is 33.8 Å². The fourth-order valence-corrected chi connectivity index (χ4v) is 4.39. The van der Waals surface area contributed by atoms with Gasteiger partial charge in [-0.3, -0.25) is 9.69 Å². The van der Waals surface area contributed by atoms with E-state index < -0.39 is 6.10 Å². The Bertz CT molecular complexity index is 708. The highest BCUT2D eigenvalue weighted by molar-refractivity contribution is 6.42. The quantitative estimate of drug-likeness (QED) is 0.607. The van der Waals surface area contributed by atoms with Gasteiger partial charge in [0.1, 0.15) is 0 Å². The summed E-state index contributed by atoms with van der Waals surface area (Å²) in [5.41, 5.74) is 1.02. The molecule has 2 saturated heterocycles. The van der Waals surface area contributed by atoms with E-state index >= 15 is 0 Å². The Balaban J connectivity index is 1.63. The van der Waals surface area contributed by atoms with Crippen molar-refractivity contribution in [2.45, 2.75) is 50.2 Å². The Labute approximate surface area is 187 Å². The third-order valence-electron chi connectivity index (χ3n) is 5.50. The predicted molar refractivity (Wildman–Crippen MR) is 115 cm³/mol. The number of benzene rings is 1. The Morgan fingerprint density at radius 2 is 2.13 bits per heavy atom. The number of hydrogen-bond donors (Lipinski definition) is 2. The van der Waals surface area contributed by atoms with Crippen LogP contribution < -0.4 is 5.32 Å². The van der Waals surface area contributed by atoms with Crippen LogP contribution in [0.5, 0.6) is 0 Å². The van der Waals surface area contributed by atoms with Gasteiger partial charge in [-0.05, 0) is 30.5 Å². The van der Waals surface area contributed by atoms with Crippen molar-refractivity contribution in [2.24, 2.45) is 0 Å². The molecule has 0 aliphatic carbocycles. The number of hydrogen-bond acceptors (Lipinski definition) is 6. The molecule has 0 aromatic heterocycles. The molecule has 1 aromatic rings. The second-order valence-corrected chi connectivity index (χ2v) is 8.67. The van der Waals surface area contributed by atoms with E-state index in [0.717, 1.165) is 18.4 Å². The van der Waals surface area contributed by atoms with Gasteiger partial charge in [0.05, 0.1) is 54.6 Å². The molecule has 0 spiro atoms. The van der Waals surface area contributed by atoms with E-state index in [1.807, 2.05) is 12.1 Å². The smallest absolute Gasteiger partial charge is 0.222 e. The second-order valence-electron chi connectivity index (χ2n) is 7.86. The van der Waals surface area contributed by atoms with Crippen molar-refractivity contribution in [1.29, 1.82) is 0 Å². The van der Waals surface area contributed by atoms with Gasteiger partial charge in [-0.1, -0.05) is 29.3 Å². The highest BCUT2D eigenvalue weighted by atomic mass is 35.5. The third-order valence-corrected chi connectivity index (χ3v) is 6.24. The number of nitrogens with zero attached hydrogens (tertiary/aromatic N) is 1. The van der Waals surface area contributed by atoms with Crippen molar-refractivity contribution < 1.29 is 24.1 Å². The summed E-state index contributed by atoms with van der Waals surface area (Å²) in [4.78, 5) is 14.4. The molecule has 7 nitrogen and oxygen atoms in total. The van der Waals surface area contributed by atoms with E-state index in [-0.39, 0.29) is 30.8 Å².